The van der Waals surface area contributed by atoms with Crippen LogP contribution in [-0.2, 0) is 28.5 Å². The fourth-order valence-corrected chi connectivity index (χ4v) is 3.32. The van der Waals surface area contributed by atoms with Crippen LogP contribution in [0, 0.1) is 11.3 Å². The monoisotopic (exact) mass is 326 g/mol. The minimum Gasteiger partial charge on any atom is -0.342 e. The second-order valence-corrected chi connectivity index (χ2v) is 6.94. The number of carbonyl (C=O) groups is 1. The van der Waals surface area contributed by atoms with E-state index in [0.717, 1.165) is 0 Å². The number of hydrogen-bond acceptors (Lipinski definition) is 7. The molecule has 8 nitrogen and oxygen atoms in total. The van der Waals surface area contributed by atoms with Crippen LogP contribution in [0.5, 0.6) is 0 Å². The fourth-order valence-electron chi connectivity index (χ4n) is 3.32. The average Bonchev–Trinajstić information content (AvgIpc) is 2.89. The molecule has 3 saturated heterocycles. The number of fused-ring (bicyclic) bond motifs is 3. The van der Waals surface area contributed by atoms with E-state index in [1.54, 1.807) is 27.7 Å². The molecule has 0 spiro atoms. The molecule has 1 N–H and O–H groups in total. The zero-order chi connectivity index (χ0) is 17.0. The maximum absolute atomic E-state index is 11.4. The molecule has 3 heterocycles. The number of nitrogens with one attached hydrogen (secondary N) is 1. The molecule has 0 aromatic carbocycles. The molecule has 0 aromatic heterocycles. The Balaban J connectivity index is 1.89. The molecule has 23 heavy (non-hydrogen) atoms. The lowest BCUT2D eigenvalue weighted by Crippen LogP contribution is -2.61. The van der Waals surface area contributed by atoms with Crippen molar-refractivity contribution in [1.29, 1.82) is 5.26 Å². The maximum Gasteiger partial charge on any atom is 0.217 e. The van der Waals surface area contributed by atoms with Gasteiger partial charge in [-0.25, -0.2) is 0 Å². The molecule has 1 amide bonds. The smallest absolute Gasteiger partial charge is 0.217 e. The van der Waals surface area contributed by atoms with Crippen molar-refractivity contribution in [2.24, 2.45) is 0 Å². The topological polar surface area (TPSA) is 99.0 Å². The van der Waals surface area contributed by atoms with Crippen molar-refractivity contribution >= 4 is 5.91 Å². The van der Waals surface area contributed by atoms with Crippen molar-refractivity contribution in [2.45, 2.75) is 82.9 Å². The number of nitriles is 1. The molecule has 0 aromatic rings. The lowest BCUT2D eigenvalue weighted by Gasteiger charge is -2.39. The Morgan fingerprint density at radius 1 is 1.04 bits per heavy atom. The molecule has 6 atom stereocenters. The number of hydrogen-bond donors (Lipinski definition) is 1. The predicted octanol–water partition coefficient (Wildman–Crippen LogP) is 0.411. The Kier molecular flexibility index (Phi) is 3.90. The highest BCUT2D eigenvalue weighted by Crippen LogP contribution is 2.44. The number of amides is 1. The highest BCUT2D eigenvalue weighted by atomic mass is 16.9. The first-order chi connectivity index (χ1) is 10.6. The Hall–Kier alpha value is -1.24. The number of nitrogens with zero attached hydrogens (tertiary/aromatic N) is 1. The molecular weight excluding hydrogens is 304 g/mol. The van der Waals surface area contributed by atoms with Gasteiger partial charge >= 0.3 is 0 Å². The van der Waals surface area contributed by atoms with Crippen LogP contribution in [0.1, 0.15) is 34.6 Å². The summed E-state index contributed by atoms with van der Waals surface area (Å²) in [5.41, 5.74) is 0. The molecule has 128 valence electrons. The SMILES string of the molecule is CC(=O)N[C@@H](C#N)[C@H]1O[C@@H]2OC(C)(C)O[C@@H]2[C@H]2OC(C)(C)O[C@H]21. The van der Waals surface area contributed by atoms with E-state index in [1.807, 2.05) is 0 Å². The van der Waals surface area contributed by atoms with Gasteiger partial charge in [0, 0.05) is 6.92 Å². The second-order valence-electron chi connectivity index (χ2n) is 6.94. The Labute approximate surface area is 135 Å². The van der Waals surface area contributed by atoms with E-state index in [-0.39, 0.29) is 5.91 Å². The lowest BCUT2D eigenvalue weighted by molar-refractivity contribution is -0.236. The summed E-state index contributed by atoms with van der Waals surface area (Å²) in [4.78, 5) is 11.4. The van der Waals surface area contributed by atoms with Crippen molar-refractivity contribution < 1.29 is 28.5 Å². The van der Waals surface area contributed by atoms with Crippen LogP contribution in [0.2, 0.25) is 0 Å². The van der Waals surface area contributed by atoms with Crippen LogP contribution in [0.4, 0.5) is 0 Å². The second kappa shape index (κ2) is 5.40. The molecule has 3 aliphatic rings. The molecule has 3 rings (SSSR count). The summed E-state index contributed by atoms with van der Waals surface area (Å²) in [5, 5.41) is 12.0. The van der Waals surface area contributed by atoms with Crippen LogP contribution < -0.4 is 5.32 Å². The van der Waals surface area contributed by atoms with E-state index < -0.39 is 48.3 Å². The Morgan fingerprint density at radius 2 is 1.61 bits per heavy atom. The van der Waals surface area contributed by atoms with Gasteiger partial charge in [-0.2, -0.15) is 5.26 Å². The molecule has 8 heteroatoms. The van der Waals surface area contributed by atoms with Crippen LogP contribution in [-0.4, -0.2) is 54.2 Å². The van der Waals surface area contributed by atoms with Crippen LogP contribution in [0.15, 0.2) is 0 Å². The molecule has 3 aliphatic heterocycles. The van der Waals surface area contributed by atoms with E-state index >= 15 is 0 Å². The van der Waals surface area contributed by atoms with Crippen molar-refractivity contribution in [1.82, 2.24) is 5.32 Å². The van der Waals surface area contributed by atoms with E-state index in [4.69, 9.17) is 23.7 Å². The fraction of sp³-hybridized carbons (Fsp3) is 0.867. The third-order valence-electron chi connectivity index (χ3n) is 4.02. The predicted molar refractivity (Wildman–Crippen MR) is 75.7 cm³/mol. The largest absolute Gasteiger partial charge is 0.342 e. The zero-order valence-electron chi connectivity index (χ0n) is 13.9. The summed E-state index contributed by atoms with van der Waals surface area (Å²) >= 11 is 0. The third-order valence-corrected chi connectivity index (χ3v) is 4.02. The summed E-state index contributed by atoms with van der Waals surface area (Å²) < 4.78 is 29.4. The van der Waals surface area contributed by atoms with E-state index in [9.17, 15) is 10.1 Å². The Morgan fingerprint density at radius 3 is 2.22 bits per heavy atom. The van der Waals surface area contributed by atoms with Gasteiger partial charge in [-0.15, -0.1) is 0 Å². The Bertz CT molecular complexity index is 543. The van der Waals surface area contributed by atoms with Gasteiger partial charge in [0.05, 0.1) is 6.07 Å². The molecule has 3 fully saturated rings. The van der Waals surface area contributed by atoms with Crippen LogP contribution in [0.3, 0.4) is 0 Å². The average molecular weight is 326 g/mol. The van der Waals surface area contributed by atoms with E-state index in [0.29, 0.717) is 0 Å². The summed E-state index contributed by atoms with van der Waals surface area (Å²) in [6, 6.07) is 1.19. The molecule has 0 aliphatic carbocycles. The molecule has 0 saturated carbocycles. The van der Waals surface area contributed by atoms with Gasteiger partial charge in [0.2, 0.25) is 5.91 Å². The van der Waals surface area contributed by atoms with Gasteiger partial charge in [-0.3, -0.25) is 4.79 Å². The molecular formula is C15H22N2O6. The number of carbonyl (C=O) groups excluding carboxylic acids is 1. The maximum atomic E-state index is 11.4. The lowest BCUT2D eigenvalue weighted by atomic mass is 9.94. The minimum absolute atomic E-state index is 0.319. The standard InChI is InChI=1S/C15H22N2O6/c1-7(18)17-8(6-16)9-10-11(21-14(2,3)20-10)12-13(19-9)23-15(4,5)22-12/h8-13H,1-5H3,(H,17,18)/t8-,9+,10-,11-,12+,13+/m0/s1. The summed E-state index contributed by atoms with van der Waals surface area (Å²) in [5.74, 6) is -1.97. The number of ether oxygens (including phenoxy) is 5. The normalized spacial score (nSPS) is 41.5. The van der Waals surface area contributed by atoms with E-state index in [1.165, 1.54) is 6.92 Å². The van der Waals surface area contributed by atoms with Crippen molar-refractivity contribution in [3.63, 3.8) is 0 Å². The van der Waals surface area contributed by atoms with Gasteiger partial charge in [0.25, 0.3) is 0 Å². The van der Waals surface area contributed by atoms with Crippen LogP contribution >= 0.6 is 0 Å². The van der Waals surface area contributed by atoms with Gasteiger partial charge in [-0.05, 0) is 27.7 Å². The van der Waals surface area contributed by atoms with Crippen molar-refractivity contribution in [2.75, 3.05) is 0 Å². The highest BCUT2D eigenvalue weighted by molar-refractivity contribution is 5.73. The first-order valence-electron chi connectivity index (χ1n) is 7.65. The van der Waals surface area contributed by atoms with Gasteiger partial charge in [-0.1, -0.05) is 0 Å². The highest BCUT2D eigenvalue weighted by Gasteiger charge is 2.62. The molecule has 0 unspecified atom stereocenters. The van der Waals surface area contributed by atoms with Gasteiger partial charge < -0.3 is 29.0 Å². The first-order valence-corrected chi connectivity index (χ1v) is 7.65. The molecule has 0 bridgehead atoms. The number of rotatable bonds is 2. The van der Waals surface area contributed by atoms with E-state index in [2.05, 4.69) is 11.4 Å². The van der Waals surface area contributed by atoms with Gasteiger partial charge in [0.15, 0.2) is 17.9 Å². The summed E-state index contributed by atoms with van der Waals surface area (Å²) in [6.07, 6.45) is -2.84. The first kappa shape index (κ1) is 16.6. The quantitative estimate of drug-likeness (QED) is 0.784. The van der Waals surface area contributed by atoms with Gasteiger partial charge in [0.1, 0.15) is 30.5 Å². The van der Waals surface area contributed by atoms with Crippen LogP contribution in [0.25, 0.3) is 0 Å². The van der Waals surface area contributed by atoms with Crippen molar-refractivity contribution in [3.8, 4) is 6.07 Å². The summed E-state index contributed by atoms with van der Waals surface area (Å²) in [6.45, 7) is 8.50. The van der Waals surface area contributed by atoms with Crippen molar-refractivity contribution in [3.05, 3.63) is 0 Å². The molecule has 0 radical (unpaired) electrons. The zero-order valence-corrected chi connectivity index (χ0v) is 13.9. The third kappa shape index (κ3) is 3.07. The summed E-state index contributed by atoms with van der Waals surface area (Å²) in [7, 11) is 0. The minimum atomic E-state index is -0.870.